The van der Waals surface area contributed by atoms with Crippen molar-refractivity contribution in [3.8, 4) is 11.5 Å². The Kier molecular flexibility index (Phi) is 6.79. The van der Waals surface area contributed by atoms with Crippen LogP contribution in [0.15, 0.2) is 60.8 Å². The molecule has 1 saturated heterocycles. The quantitative estimate of drug-likeness (QED) is 0.333. The lowest BCUT2D eigenvalue weighted by Crippen LogP contribution is -2.43. The Morgan fingerprint density at radius 2 is 1.67 bits per heavy atom. The molecule has 2 heterocycles. The van der Waals surface area contributed by atoms with Crippen molar-refractivity contribution in [2.75, 3.05) is 41.7 Å². The highest BCUT2D eigenvalue weighted by atomic mass is 35.5. The Morgan fingerprint density at radius 3 is 2.39 bits per heavy atom. The highest BCUT2D eigenvalue weighted by molar-refractivity contribution is 6.30. The first kappa shape index (κ1) is 23.7. The number of halogens is 3. The van der Waals surface area contributed by atoms with E-state index in [0.717, 1.165) is 44.1 Å². The molecule has 0 atom stereocenters. The van der Waals surface area contributed by atoms with Gasteiger partial charge in [-0.2, -0.15) is 0 Å². The molecular weight excluding hydrogens is 490 g/mol. The van der Waals surface area contributed by atoms with E-state index in [4.69, 9.17) is 21.3 Å². The number of amides is 2. The van der Waals surface area contributed by atoms with E-state index >= 15 is 0 Å². The summed E-state index contributed by atoms with van der Waals surface area (Å²) in [6.07, 6.45) is 1.75. The standard InChI is InChI=1S/C25H21ClF2N6O2/c26-18-4-1-15(11-19(18)27)31-25(35)32-16-2-6-23(20(28)12-16)36-17-3-5-21-22(13-17)33-24(14-30-21)34-9-7-29-8-10-34/h1-6,11-14,29H,7-10H2,(H2,31,32,35). The molecule has 5 rings (SSSR count). The molecule has 8 nitrogen and oxygen atoms in total. The average molecular weight is 511 g/mol. The molecule has 1 fully saturated rings. The molecule has 184 valence electrons. The summed E-state index contributed by atoms with van der Waals surface area (Å²) in [6.45, 7) is 3.45. The zero-order valence-electron chi connectivity index (χ0n) is 18.9. The summed E-state index contributed by atoms with van der Waals surface area (Å²) in [5.41, 5.74) is 1.73. The van der Waals surface area contributed by atoms with Crippen LogP contribution in [0.5, 0.6) is 11.5 Å². The van der Waals surface area contributed by atoms with Gasteiger partial charge in [-0.1, -0.05) is 11.6 Å². The number of carbonyl (C=O) groups excluding carboxylic acids is 1. The van der Waals surface area contributed by atoms with Crippen molar-refractivity contribution in [1.82, 2.24) is 15.3 Å². The maximum atomic E-state index is 14.7. The van der Waals surface area contributed by atoms with E-state index in [9.17, 15) is 13.6 Å². The number of nitrogens with zero attached hydrogens (tertiary/aromatic N) is 3. The van der Waals surface area contributed by atoms with Crippen LogP contribution in [0.1, 0.15) is 0 Å². The van der Waals surface area contributed by atoms with Crippen molar-refractivity contribution in [2.24, 2.45) is 0 Å². The molecule has 0 aliphatic carbocycles. The summed E-state index contributed by atoms with van der Waals surface area (Å²) in [4.78, 5) is 23.5. The fourth-order valence-corrected chi connectivity index (χ4v) is 3.86. The topological polar surface area (TPSA) is 91.4 Å². The van der Waals surface area contributed by atoms with Gasteiger partial charge >= 0.3 is 6.03 Å². The van der Waals surface area contributed by atoms with E-state index in [-0.39, 0.29) is 22.1 Å². The van der Waals surface area contributed by atoms with Gasteiger partial charge in [0.05, 0.1) is 22.3 Å². The maximum Gasteiger partial charge on any atom is 0.323 e. The minimum atomic E-state index is -0.675. The van der Waals surface area contributed by atoms with E-state index in [1.54, 1.807) is 24.4 Å². The van der Waals surface area contributed by atoms with Crippen LogP contribution in [0, 0.1) is 11.6 Å². The highest BCUT2D eigenvalue weighted by Crippen LogP contribution is 2.29. The first-order valence-electron chi connectivity index (χ1n) is 11.2. The molecule has 0 radical (unpaired) electrons. The molecule has 0 spiro atoms. The number of rotatable bonds is 5. The largest absolute Gasteiger partial charge is 0.454 e. The van der Waals surface area contributed by atoms with Crippen LogP contribution < -0.4 is 25.6 Å². The van der Waals surface area contributed by atoms with Gasteiger partial charge in [0, 0.05) is 49.7 Å². The molecule has 36 heavy (non-hydrogen) atoms. The first-order chi connectivity index (χ1) is 17.4. The van der Waals surface area contributed by atoms with E-state index in [0.29, 0.717) is 16.8 Å². The third kappa shape index (κ3) is 5.45. The van der Waals surface area contributed by atoms with E-state index in [1.807, 2.05) is 0 Å². The Morgan fingerprint density at radius 1 is 0.944 bits per heavy atom. The predicted octanol–water partition coefficient (Wildman–Crippen LogP) is 5.41. The van der Waals surface area contributed by atoms with Crippen LogP contribution >= 0.6 is 11.6 Å². The number of benzene rings is 3. The van der Waals surface area contributed by atoms with Crippen molar-refractivity contribution in [3.05, 3.63) is 77.5 Å². The van der Waals surface area contributed by atoms with Crippen LogP contribution in [0.4, 0.5) is 30.8 Å². The van der Waals surface area contributed by atoms with Gasteiger partial charge in [-0.25, -0.2) is 18.6 Å². The lowest BCUT2D eigenvalue weighted by molar-refractivity contribution is 0.262. The van der Waals surface area contributed by atoms with Gasteiger partial charge in [0.2, 0.25) is 0 Å². The van der Waals surface area contributed by atoms with Crippen LogP contribution in [0.3, 0.4) is 0 Å². The Labute approximate surface area is 210 Å². The summed E-state index contributed by atoms with van der Waals surface area (Å²) in [6, 6.07) is 12.4. The maximum absolute atomic E-state index is 14.7. The number of anilines is 3. The molecule has 1 aromatic heterocycles. The van der Waals surface area contributed by atoms with Crippen molar-refractivity contribution in [3.63, 3.8) is 0 Å². The number of ether oxygens (including phenoxy) is 1. The van der Waals surface area contributed by atoms with Gasteiger partial charge < -0.3 is 25.6 Å². The SMILES string of the molecule is O=C(Nc1ccc(Cl)c(F)c1)Nc1ccc(Oc2ccc3ncc(N4CCNCC4)nc3c2)c(F)c1. The molecule has 11 heteroatoms. The Balaban J connectivity index is 1.27. The minimum Gasteiger partial charge on any atom is -0.454 e. The van der Waals surface area contributed by atoms with Crippen molar-refractivity contribution in [1.29, 1.82) is 0 Å². The van der Waals surface area contributed by atoms with Crippen LogP contribution in [-0.2, 0) is 0 Å². The molecule has 3 aromatic carbocycles. The van der Waals surface area contributed by atoms with Crippen molar-refractivity contribution in [2.45, 2.75) is 0 Å². The van der Waals surface area contributed by atoms with Gasteiger partial charge in [0.1, 0.15) is 17.4 Å². The fraction of sp³-hybridized carbons (Fsp3) is 0.160. The number of aromatic nitrogens is 2. The smallest absolute Gasteiger partial charge is 0.323 e. The number of piperazine rings is 1. The molecule has 0 saturated carbocycles. The zero-order chi connectivity index (χ0) is 25.1. The van der Waals surface area contributed by atoms with Crippen molar-refractivity contribution >= 4 is 45.9 Å². The second kappa shape index (κ2) is 10.3. The molecule has 0 unspecified atom stereocenters. The average Bonchev–Trinajstić information content (AvgIpc) is 2.88. The highest BCUT2D eigenvalue weighted by Gasteiger charge is 2.14. The first-order valence-corrected chi connectivity index (χ1v) is 11.6. The van der Waals surface area contributed by atoms with Crippen LogP contribution in [0.25, 0.3) is 11.0 Å². The lowest BCUT2D eigenvalue weighted by Gasteiger charge is -2.28. The fourth-order valence-electron chi connectivity index (χ4n) is 3.75. The molecule has 0 bridgehead atoms. The van der Waals surface area contributed by atoms with Gasteiger partial charge in [-0.15, -0.1) is 0 Å². The van der Waals surface area contributed by atoms with Crippen molar-refractivity contribution < 1.29 is 18.3 Å². The minimum absolute atomic E-state index is 0.0219. The predicted molar refractivity (Wildman–Crippen MR) is 135 cm³/mol. The molecule has 1 aliphatic rings. The summed E-state index contributed by atoms with van der Waals surface area (Å²) in [7, 11) is 0. The van der Waals surface area contributed by atoms with Crippen LogP contribution in [-0.4, -0.2) is 42.2 Å². The number of nitrogens with one attached hydrogen (secondary N) is 3. The van der Waals surface area contributed by atoms with Gasteiger partial charge in [0.15, 0.2) is 11.6 Å². The lowest BCUT2D eigenvalue weighted by atomic mass is 10.2. The van der Waals surface area contributed by atoms with Gasteiger partial charge in [-0.3, -0.25) is 4.98 Å². The summed E-state index contributed by atoms with van der Waals surface area (Å²) < 4.78 is 34.0. The molecule has 4 aromatic rings. The Bertz CT molecular complexity index is 1430. The van der Waals surface area contributed by atoms with E-state index in [1.165, 1.54) is 24.3 Å². The number of fused-ring (bicyclic) bond motifs is 1. The number of hydrogen-bond acceptors (Lipinski definition) is 6. The second-order valence-corrected chi connectivity index (χ2v) is 8.48. The summed E-state index contributed by atoms with van der Waals surface area (Å²) in [5.74, 6) is -0.183. The normalized spacial score (nSPS) is 13.5. The molecule has 2 amide bonds. The van der Waals surface area contributed by atoms with E-state index in [2.05, 4.69) is 25.8 Å². The summed E-state index contributed by atoms with van der Waals surface area (Å²) >= 11 is 5.64. The van der Waals surface area contributed by atoms with Crippen LogP contribution in [0.2, 0.25) is 5.02 Å². The number of urea groups is 1. The summed E-state index contributed by atoms with van der Waals surface area (Å²) in [5, 5.41) is 8.19. The zero-order valence-corrected chi connectivity index (χ0v) is 19.6. The van der Waals surface area contributed by atoms with E-state index < -0.39 is 17.7 Å². The number of hydrogen-bond donors (Lipinski definition) is 3. The number of carbonyl (C=O) groups is 1. The monoisotopic (exact) mass is 510 g/mol. The van der Waals surface area contributed by atoms with Gasteiger partial charge in [-0.05, 0) is 42.5 Å². The molecule has 3 N–H and O–H groups in total. The third-order valence-electron chi connectivity index (χ3n) is 5.54. The molecule has 1 aliphatic heterocycles. The third-order valence-corrected chi connectivity index (χ3v) is 5.84. The van der Waals surface area contributed by atoms with Gasteiger partial charge in [0.25, 0.3) is 0 Å². The second-order valence-electron chi connectivity index (χ2n) is 8.07. The molecular formula is C25H21ClF2N6O2. The Hall–Kier alpha value is -4.02.